The number of para-hydroxylation sites is 1. The summed E-state index contributed by atoms with van der Waals surface area (Å²) < 4.78 is 0. The molecule has 0 bridgehead atoms. The molecule has 1 atom stereocenters. The molecule has 1 aromatic rings. The maximum Gasteiger partial charge on any atom is 0.0850 e. The molecule has 2 rings (SSSR count). The third kappa shape index (κ3) is 1.05. The van der Waals surface area contributed by atoms with Crippen molar-refractivity contribution in [2.75, 3.05) is 0 Å². The second-order valence-electron chi connectivity index (χ2n) is 2.97. The Morgan fingerprint density at radius 3 is 3.08 bits per heavy atom. The Bertz CT molecular complexity index is 331. The maximum absolute atomic E-state index is 5.98. The largest absolute Gasteiger partial charge is 0.259 e. The van der Waals surface area contributed by atoms with Gasteiger partial charge < -0.3 is 0 Å². The second kappa shape index (κ2) is 2.91. The number of nitrogens with zero attached hydrogens (tertiary/aromatic N) is 1. The van der Waals surface area contributed by atoms with Gasteiger partial charge in [-0.3, -0.25) is 4.99 Å². The molecule has 12 heavy (non-hydrogen) atoms. The fourth-order valence-electron chi connectivity index (χ4n) is 1.54. The van der Waals surface area contributed by atoms with Crippen LogP contribution in [-0.2, 0) is 0 Å². The van der Waals surface area contributed by atoms with Crippen LogP contribution in [0.5, 0.6) is 0 Å². The van der Waals surface area contributed by atoms with Gasteiger partial charge in [-0.05, 0) is 18.1 Å². The van der Waals surface area contributed by atoms with Crippen molar-refractivity contribution in [2.24, 2.45) is 4.99 Å². The van der Waals surface area contributed by atoms with Crippen LogP contribution in [0.15, 0.2) is 23.2 Å². The molecule has 0 amide bonds. The second-order valence-corrected chi connectivity index (χ2v) is 3.38. The van der Waals surface area contributed by atoms with Crippen molar-refractivity contribution in [1.29, 1.82) is 0 Å². The van der Waals surface area contributed by atoms with Gasteiger partial charge in [0.1, 0.15) is 0 Å². The van der Waals surface area contributed by atoms with Gasteiger partial charge in [0, 0.05) is 12.1 Å². The standard InChI is InChI=1S/C10H10ClN/c1-2-7-6-12-10-8(7)4-3-5-9(10)11/h3-7H,2H2,1H3. The first-order chi connectivity index (χ1) is 5.83. The minimum absolute atomic E-state index is 0.471. The maximum atomic E-state index is 5.98. The number of hydrogen-bond donors (Lipinski definition) is 0. The highest BCUT2D eigenvalue weighted by Crippen LogP contribution is 2.38. The van der Waals surface area contributed by atoms with Crippen LogP contribution in [0.4, 0.5) is 5.69 Å². The predicted molar refractivity (Wildman–Crippen MR) is 52.6 cm³/mol. The Labute approximate surface area is 77.1 Å². The lowest BCUT2D eigenvalue weighted by Crippen LogP contribution is -1.92. The summed E-state index contributed by atoms with van der Waals surface area (Å²) >= 11 is 5.98. The van der Waals surface area contributed by atoms with Crippen molar-refractivity contribution in [3.8, 4) is 0 Å². The number of hydrogen-bond acceptors (Lipinski definition) is 1. The summed E-state index contributed by atoms with van der Waals surface area (Å²) in [5, 5.41) is 0.764. The summed E-state index contributed by atoms with van der Waals surface area (Å²) in [6, 6.07) is 5.97. The highest BCUT2D eigenvalue weighted by Gasteiger charge is 2.18. The van der Waals surface area contributed by atoms with E-state index in [-0.39, 0.29) is 0 Å². The first-order valence-corrected chi connectivity index (χ1v) is 4.53. The molecule has 1 aliphatic heterocycles. The molecular formula is C10H10ClN. The summed E-state index contributed by atoms with van der Waals surface area (Å²) in [4.78, 5) is 4.29. The van der Waals surface area contributed by atoms with Crippen molar-refractivity contribution in [3.63, 3.8) is 0 Å². The van der Waals surface area contributed by atoms with E-state index in [1.165, 1.54) is 5.56 Å². The predicted octanol–water partition coefficient (Wildman–Crippen LogP) is 3.55. The summed E-state index contributed by atoms with van der Waals surface area (Å²) in [7, 11) is 0. The lowest BCUT2D eigenvalue weighted by Gasteiger charge is -2.05. The van der Waals surface area contributed by atoms with Crippen LogP contribution >= 0.6 is 11.6 Å². The van der Waals surface area contributed by atoms with E-state index in [1.54, 1.807) is 0 Å². The first kappa shape index (κ1) is 7.81. The van der Waals surface area contributed by atoms with Gasteiger partial charge in [0.05, 0.1) is 10.7 Å². The van der Waals surface area contributed by atoms with Gasteiger partial charge in [0.25, 0.3) is 0 Å². The number of halogens is 1. The normalized spacial score (nSPS) is 19.7. The zero-order valence-electron chi connectivity index (χ0n) is 6.92. The SMILES string of the molecule is CCC1C=Nc2c(Cl)cccc21. The molecule has 1 unspecified atom stereocenters. The lowest BCUT2D eigenvalue weighted by atomic mass is 9.99. The van der Waals surface area contributed by atoms with E-state index in [1.807, 2.05) is 18.3 Å². The smallest absolute Gasteiger partial charge is 0.0850 e. The van der Waals surface area contributed by atoms with Crippen LogP contribution < -0.4 is 0 Å². The van der Waals surface area contributed by atoms with E-state index in [2.05, 4.69) is 18.0 Å². The number of fused-ring (bicyclic) bond motifs is 1. The van der Waals surface area contributed by atoms with Crippen LogP contribution in [0.3, 0.4) is 0 Å². The Morgan fingerprint density at radius 1 is 1.50 bits per heavy atom. The zero-order chi connectivity index (χ0) is 8.55. The third-order valence-electron chi connectivity index (χ3n) is 2.24. The summed E-state index contributed by atoms with van der Waals surface area (Å²) in [6.45, 7) is 2.16. The Kier molecular flexibility index (Phi) is 1.89. The van der Waals surface area contributed by atoms with Gasteiger partial charge in [0.2, 0.25) is 0 Å². The molecule has 1 aliphatic rings. The summed E-state index contributed by atoms with van der Waals surface area (Å²) in [6.07, 6.45) is 3.08. The highest BCUT2D eigenvalue weighted by molar-refractivity contribution is 6.33. The van der Waals surface area contributed by atoms with E-state index in [4.69, 9.17) is 11.6 Å². The Hall–Kier alpha value is -0.820. The Balaban J connectivity index is 2.52. The van der Waals surface area contributed by atoms with Crippen molar-refractivity contribution >= 4 is 23.5 Å². The summed E-state index contributed by atoms with van der Waals surface area (Å²) in [5.41, 5.74) is 2.23. The van der Waals surface area contributed by atoms with Gasteiger partial charge in [-0.25, -0.2) is 0 Å². The minimum atomic E-state index is 0.471. The zero-order valence-corrected chi connectivity index (χ0v) is 7.67. The number of aliphatic imine (C=N–C) groups is 1. The first-order valence-electron chi connectivity index (χ1n) is 4.15. The van der Waals surface area contributed by atoms with E-state index >= 15 is 0 Å². The van der Waals surface area contributed by atoms with Gasteiger partial charge in [0.15, 0.2) is 0 Å². The molecule has 62 valence electrons. The minimum Gasteiger partial charge on any atom is -0.259 e. The molecule has 0 aliphatic carbocycles. The van der Waals surface area contributed by atoms with Crippen LogP contribution in [0.1, 0.15) is 24.8 Å². The molecule has 1 heterocycles. The summed E-state index contributed by atoms with van der Waals surface area (Å²) in [5.74, 6) is 0.471. The van der Waals surface area contributed by atoms with Crippen molar-refractivity contribution in [1.82, 2.24) is 0 Å². The topological polar surface area (TPSA) is 12.4 Å². The van der Waals surface area contributed by atoms with Crippen molar-refractivity contribution in [3.05, 3.63) is 28.8 Å². The average Bonchev–Trinajstić information content (AvgIpc) is 2.49. The fourth-order valence-corrected chi connectivity index (χ4v) is 1.77. The van der Waals surface area contributed by atoms with Gasteiger partial charge in [-0.2, -0.15) is 0 Å². The molecule has 1 aromatic carbocycles. The van der Waals surface area contributed by atoms with E-state index < -0.39 is 0 Å². The highest BCUT2D eigenvalue weighted by atomic mass is 35.5. The molecule has 1 nitrogen and oxygen atoms in total. The molecule has 0 saturated heterocycles. The third-order valence-corrected chi connectivity index (χ3v) is 2.55. The van der Waals surface area contributed by atoms with Crippen LogP contribution in [0.2, 0.25) is 5.02 Å². The quantitative estimate of drug-likeness (QED) is 0.625. The van der Waals surface area contributed by atoms with Crippen LogP contribution in [0, 0.1) is 0 Å². The van der Waals surface area contributed by atoms with E-state index in [0.717, 1.165) is 17.1 Å². The monoisotopic (exact) mass is 179 g/mol. The van der Waals surface area contributed by atoms with E-state index in [9.17, 15) is 0 Å². The molecule has 2 heteroatoms. The average molecular weight is 180 g/mol. The van der Waals surface area contributed by atoms with E-state index in [0.29, 0.717) is 5.92 Å². The van der Waals surface area contributed by atoms with Crippen molar-refractivity contribution < 1.29 is 0 Å². The molecule has 0 fully saturated rings. The number of benzene rings is 1. The lowest BCUT2D eigenvalue weighted by molar-refractivity contribution is 0.875. The van der Waals surface area contributed by atoms with Crippen molar-refractivity contribution in [2.45, 2.75) is 19.3 Å². The van der Waals surface area contributed by atoms with Gasteiger partial charge >= 0.3 is 0 Å². The Morgan fingerprint density at radius 2 is 2.33 bits per heavy atom. The van der Waals surface area contributed by atoms with Gasteiger partial charge in [-0.15, -0.1) is 0 Å². The molecule has 0 N–H and O–H groups in total. The van der Waals surface area contributed by atoms with Gasteiger partial charge in [-0.1, -0.05) is 30.7 Å². The fraction of sp³-hybridized carbons (Fsp3) is 0.300. The molecule has 0 radical (unpaired) electrons. The van der Waals surface area contributed by atoms with Crippen LogP contribution in [0.25, 0.3) is 0 Å². The van der Waals surface area contributed by atoms with Crippen LogP contribution in [-0.4, -0.2) is 6.21 Å². The molecule has 0 saturated carbocycles. The molecular weight excluding hydrogens is 170 g/mol. The number of rotatable bonds is 1. The molecule has 0 aromatic heterocycles. The molecule has 0 spiro atoms.